The Bertz CT molecular complexity index is 797. The van der Waals surface area contributed by atoms with Gasteiger partial charge in [-0.1, -0.05) is 31.7 Å². The van der Waals surface area contributed by atoms with Gasteiger partial charge in [0.1, 0.15) is 0 Å². The molecule has 5 nitrogen and oxygen atoms in total. The normalized spacial score (nSPS) is 20.9. The van der Waals surface area contributed by atoms with E-state index in [0.29, 0.717) is 0 Å². The molecule has 1 unspecified atom stereocenters. The smallest absolute Gasteiger partial charge is 0.209 e. The second-order valence-corrected chi connectivity index (χ2v) is 7.91. The summed E-state index contributed by atoms with van der Waals surface area (Å²) in [7, 11) is 0. The molecule has 0 aliphatic carbocycles. The molecule has 1 aromatic rings. The molecule has 1 N–H and O–H groups in total. The molecule has 0 bridgehead atoms. The van der Waals surface area contributed by atoms with Crippen molar-refractivity contribution < 1.29 is 4.79 Å². The third kappa shape index (κ3) is 4.87. The van der Waals surface area contributed by atoms with Crippen LogP contribution in [0.4, 0.5) is 5.69 Å². The summed E-state index contributed by atoms with van der Waals surface area (Å²) in [5.41, 5.74) is 4.31. The van der Waals surface area contributed by atoms with Crippen molar-refractivity contribution in [2.24, 2.45) is 4.99 Å². The second kappa shape index (κ2) is 9.64. The lowest BCUT2D eigenvalue weighted by atomic mass is 10.1. The minimum atomic E-state index is 0.267. The molecule has 0 saturated carbocycles. The van der Waals surface area contributed by atoms with Crippen molar-refractivity contribution in [2.75, 3.05) is 24.4 Å². The van der Waals surface area contributed by atoms with Gasteiger partial charge in [0.25, 0.3) is 0 Å². The molecule has 2 aliphatic rings. The molecular formula is C22H28N4OS. The van der Waals surface area contributed by atoms with Crippen molar-refractivity contribution >= 4 is 36.0 Å². The van der Waals surface area contributed by atoms with Crippen molar-refractivity contribution in [2.45, 2.75) is 32.7 Å². The van der Waals surface area contributed by atoms with Crippen LogP contribution >= 0.6 is 11.9 Å². The molecule has 0 spiro atoms. The van der Waals surface area contributed by atoms with Gasteiger partial charge in [0.05, 0.1) is 5.70 Å². The zero-order valence-electron chi connectivity index (χ0n) is 16.6. The molecule has 1 saturated heterocycles. The van der Waals surface area contributed by atoms with E-state index in [-0.39, 0.29) is 6.04 Å². The first kappa shape index (κ1) is 20.3. The van der Waals surface area contributed by atoms with Gasteiger partial charge in [-0.15, -0.1) is 0 Å². The Morgan fingerprint density at radius 1 is 1.36 bits per heavy atom. The summed E-state index contributed by atoms with van der Waals surface area (Å²) in [6.45, 7) is 10.9. The van der Waals surface area contributed by atoms with Gasteiger partial charge >= 0.3 is 0 Å². The molecule has 2 heterocycles. The third-order valence-electron chi connectivity index (χ3n) is 5.07. The van der Waals surface area contributed by atoms with Crippen LogP contribution in [-0.4, -0.2) is 48.1 Å². The van der Waals surface area contributed by atoms with E-state index in [1.165, 1.54) is 4.91 Å². The predicted octanol–water partition coefficient (Wildman–Crippen LogP) is 4.53. The number of aliphatic imine (C=N–C) groups is 1. The Hall–Kier alpha value is -2.47. The Morgan fingerprint density at radius 2 is 2.14 bits per heavy atom. The Labute approximate surface area is 172 Å². The number of rotatable bonds is 7. The van der Waals surface area contributed by atoms with Crippen molar-refractivity contribution in [1.82, 2.24) is 9.80 Å². The standard InChI is InChI=1S/C22H28N4OS/c1-4-22(21-7-5-6-12-23-21)28-24-20-10-8-19(9-11-20)18(3)26-14-13-25(16-27)15-17(26)2/h5-6,8-12,16-17,24H,3-4,7,13-15H2,1-2H3/b22-21-. The molecule has 1 aromatic carbocycles. The molecule has 1 amide bonds. The second-order valence-electron chi connectivity index (χ2n) is 7.00. The number of dihydropyridines is 1. The average Bonchev–Trinajstić information content (AvgIpc) is 2.75. The van der Waals surface area contributed by atoms with Crippen LogP contribution in [0.1, 0.15) is 32.3 Å². The minimum Gasteiger partial charge on any atom is -0.365 e. The molecule has 0 radical (unpaired) electrons. The van der Waals surface area contributed by atoms with Gasteiger partial charge in [0, 0.05) is 54.6 Å². The fourth-order valence-corrected chi connectivity index (χ4v) is 4.22. The molecule has 148 valence electrons. The molecule has 1 atom stereocenters. The van der Waals surface area contributed by atoms with E-state index in [9.17, 15) is 4.79 Å². The molecule has 0 aromatic heterocycles. The lowest BCUT2D eigenvalue weighted by Gasteiger charge is -2.40. The lowest BCUT2D eigenvalue weighted by Crippen LogP contribution is -2.50. The number of benzene rings is 1. The zero-order valence-corrected chi connectivity index (χ0v) is 17.4. The fourth-order valence-electron chi connectivity index (χ4n) is 3.45. The van der Waals surface area contributed by atoms with Crippen molar-refractivity contribution in [3.63, 3.8) is 0 Å². The van der Waals surface area contributed by atoms with Crippen LogP contribution < -0.4 is 4.72 Å². The third-order valence-corrected chi connectivity index (χ3v) is 6.18. The first-order chi connectivity index (χ1) is 13.6. The van der Waals surface area contributed by atoms with E-state index >= 15 is 0 Å². The van der Waals surface area contributed by atoms with Crippen molar-refractivity contribution in [3.05, 3.63) is 59.2 Å². The summed E-state index contributed by atoms with van der Waals surface area (Å²) in [5.74, 6) is 0. The summed E-state index contributed by atoms with van der Waals surface area (Å²) in [4.78, 5) is 20.8. The maximum atomic E-state index is 11.0. The first-order valence-electron chi connectivity index (χ1n) is 9.71. The maximum absolute atomic E-state index is 11.0. The van der Waals surface area contributed by atoms with Gasteiger partial charge in [-0.3, -0.25) is 9.79 Å². The van der Waals surface area contributed by atoms with Gasteiger partial charge in [-0.25, -0.2) is 0 Å². The van der Waals surface area contributed by atoms with E-state index in [0.717, 1.165) is 61.5 Å². The number of hydrogen-bond donors (Lipinski definition) is 1. The molecular weight excluding hydrogens is 368 g/mol. The lowest BCUT2D eigenvalue weighted by molar-refractivity contribution is -0.120. The fraction of sp³-hybridized carbons (Fsp3) is 0.364. The Balaban J connectivity index is 1.60. The van der Waals surface area contributed by atoms with Crippen LogP contribution in [0.2, 0.25) is 0 Å². The van der Waals surface area contributed by atoms with Crippen LogP contribution in [0, 0.1) is 0 Å². The largest absolute Gasteiger partial charge is 0.365 e. The number of hydrogen-bond acceptors (Lipinski definition) is 5. The van der Waals surface area contributed by atoms with Crippen LogP contribution in [0.15, 0.2) is 58.6 Å². The predicted molar refractivity (Wildman–Crippen MR) is 120 cm³/mol. The molecule has 6 heteroatoms. The monoisotopic (exact) mass is 396 g/mol. The Kier molecular flexibility index (Phi) is 6.98. The molecule has 28 heavy (non-hydrogen) atoms. The number of amides is 1. The number of nitrogens with zero attached hydrogens (tertiary/aromatic N) is 3. The highest BCUT2D eigenvalue weighted by molar-refractivity contribution is 8.04. The number of carbonyl (C=O) groups is 1. The quantitative estimate of drug-likeness (QED) is 0.543. The van der Waals surface area contributed by atoms with Gasteiger partial charge in [-0.05, 0) is 49.1 Å². The average molecular weight is 397 g/mol. The van der Waals surface area contributed by atoms with Gasteiger partial charge in [0.15, 0.2) is 0 Å². The highest BCUT2D eigenvalue weighted by atomic mass is 32.2. The molecule has 3 rings (SSSR count). The summed E-state index contributed by atoms with van der Waals surface area (Å²) in [6.07, 6.45) is 8.75. The van der Waals surface area contributed by atoms with E-state index in [4.69, 9.17) is 0 Å². The topological polar surface area (TPSA) is 47.9 Å². The van der Waals surface area contributed by atoms with E-state index in [1.807, 2.05) is 17.2 Å². The molecule has 2 aliphatic heterocycles. The van der Waals surface area contributed by atoms with Gasteiger partial charge < -0.3 is 14.5 Å². The van der Waals surface area contributed by atoms with E-state index in [1.54, 1.807) is 11.9 Å². The maximum Gasteiger partial charge on any atom is 0.209 e. The van der Waals surface area contributed by atoms with Gasteiger partial charge in [-0.2, -0.15) is 0 Å². The highest BCUT2D eigenvalue weighted by Crippen LogP contribution is 2.29. The first-order valence-corrected chi connectivity index (χ1v) is 10.5. The van der Waals surface area contributed by atoms with Crippen LogP contribution in [-0.2, 0) is 4.79 Å². The summed E-state index contributed by atoms with van der Waals surface area (Å²) >= 11 is 1.64. The number of carbonyl (C=O) groups excluding carboxylic acids is 1. The summed E-state index contributed by atoms with van der Waals surface area (Å²) in [6, 6.07) is 8.64. The van der Waals surface area contributed by atoms with Crippen molar-refractivity contribution in [3.8, 4) is 0 Å². The van der Waals surface area contributed by atoms with Crippen LogP contribution in [0.25, 0.3) is 5.70 Å². The zero-order chi connectivity index (χ0) is 19.9. The Morgan fingerprint density at radius 3 is 2.75 bits per heavy atom. The number of anilines is 1. The minimum absolute atomic E-state index is 0.267. The molecule has 1 fully saturated rings. The van der Waals surface area contributed by atoms with Gasteiger partial charge in [0.2, 0.25) is 6.41 Å². The van der Waals surface area contributed by atoms with Crippen LogP contribution in [0.5, 0.6) is 0 Å². The van der Waals surface area contributed by atoms with Crippen LogP contribution in [0.3, 0.4) is 0 Å². The summed E-state index contributed by atoms with van der Waals surface area (Å²) < 4.78 is 3.43. The summed E-state index contributed by atoms with van der Waals surface area (Å²) in [5, 5.41) is 0. The van der Waals surface area contributed by atoms with E-state index in [2.05, 4.69) is 65.4 Å². The number of piperazine rings is 1. The number of allylic oxidation sites excluding steroid dienone is 3. The SMILES string of the molecule is C=C(c1ccc(NS/C(CC)=C2/CC=CC=N2)cc1)N1CCN(C=O)CC1C. The van der Waals surface area contributed by atoms with Crippen molar-refractivity contribution in [1.29, 1.82) is 0 Å². The van der Waals surface area contributed by atoms with E-state index < -0.39 is 0 Å². The number of nitrogens with one attached hydrogen (secondary N) is 1. The highest BCUT2D eigenvalue weighted by Gasteiger charge is 2.24.